The maximum Gasteiger partial charge on any atom is 0.272 e. The lowest BCUT2D eigenvalue weighted by atomic mass is 10.1. The van der Waals surface area contributed by atoms with Gasteiger partial charge in [-0.1, -0.05) is 17.7 Å². The highest BCUT2D eigenvalue weighted by Gasteiger charge is 2.17. The van der Waals surface area contributed by atoms with Crippen LogP contribution in [0.5, 0.6) is 0 Å². The number of nitrogens with zero attached hydrogens (tertiary/aromatic N) is 2. The van der Waals surface area contributed by atoms with Crippen LogP contribution in [-0.2, 0) is 0 Å². The first-order chi connectivity index (χ1) is 8.00. The summed E-state index contributed by atoms with van der Waals surface area (Å²) in [4.78, 5) is 15.4. The zero-order valence-electron chi connectivity index (χ0n) is 9.78. The maximum absolute atomic E-state index is 11.4. The molecule has 0 unspecified atom stereocenters. The average Bonchev–Trinajstić information content (AvgIpc) is 2.60. The SMILES string of the molecule is Cc1ccc(-n2cnc(Br)c2C(=O)Cl)c(C)c1.Cl. The minimum absolute atomic E-state index is 0. The van der Waals surface area contributed by atoms with E-state index in [2.05, 4.69) is 20.9 Å². The van der Waals surface area contributed by atoms with Gasteiger partial charge in [-0.05, 0) is 53.0 Å². The molecule has 0 amide bonds. The molecule has 0 saturated heterocycles. The maximum atomic E-state index is 11.4. The fraction of sp³-hybridized carbons (Fsp3) is 0.167. The van der Waals surface area contributed by atoms with E-state index < -0.39 is 5.24 Å². The predicted molar refractivity (Wildman–Crippen MR) is 78.2 cm³/mol. The molecule has 3 nitrogen and oxygen atoms in total. The van der Waals surface area contributed by atoms with Crippen molar-refractivity contribution < 1.29 is 4.79 Å². The number of aromatic nitrogens is 2. The molecule has 0 radical (unpaired) electrons. The number of carbonyl (C=O) groups is 1. The molecule has 0 spiro atoms. The molecular weight excluding hydrogens is 339 g/mol. The van der Waals surface area contributed by atoms with Crippen LogP contribution in [0.4, 0.5) is 0 Å². The van der Waals surface area contributed by atoms with Crippen molar-refractivity contribution in [2.45, 2.75) is 13.8 Å². The highest BCUT2D eigenvalue weighted by molar-refractivity contribution is 9.10. The number of carbonyl (C=O) groups excluding carboxylic acids is 1. The first-order valence-electron chi connectivity index (χ1n) is 5.01. The molecule has 1 aromatic heterocycles. The van der Waals surface area contributed by atoms with E-state index in [0.717, 1.165) is 11.3 Å². The number of aryl methyl sites for hydroxylation is 2. The summed E-state index contributed by atoms with van der Waals surface area (Å²) < 4.78 is 2.14. The Hall–Kier alpha value is -0.840. The van der Waals surface area contributed by atoms with Gasteiger partial charge in [0.25, 0.3) is 5.24 Å². The third-order valence-corrected chi connectivity index (χ3v) is 3.28. The Morgan fingerprint density at radius 1 is 1.39 bits per heavy atom. The Morgan fingerprint density at radius 3 is 2.61 bits per heavy atom. The molecule has 1 heterocycles. The predicted octanol–water partition coefficient (Wildman–Crippen LogP) is 4.05. The molecule has 0 bridgehead atoms. The van der Waals surface area contributed by atoms with Gasteiger partial charge in [-0.15, -0.1) is 12.4 Å². The molecule has 0 aliphatic carbocycles. The standard InChI is InChI=1S/C12H10BrClN2O.ClH/c1-7-3-4-9(8(2)5-7)16-6-15-11(13)10(16)12(14)17;/h3-6H,1-2H3;1H. The van der Waals surface area contributed by atoms with Gasteiger partial charge in [-0.2, -0.15) is 0 Å². The van der Waals surface area contributed by atoms with Crippen LogP contribution in [0.1, 0.15) is 21.6 Å². The zero-order chi connectivity index (χ0) is 12.6. The van der Waals surface area contributed by atoms with Crippen LogP contribution in [0, 0.1) is 13.8 Å². The molecule has 0 aliphatic heterocycles. The third kappa shape index (κ3) is 2.76. The highest BCUT2D eigenvalue weighted by Crippen LogP contribution is 2.23. The number of hydrogen-bond donors (Lipinski definition) is 0. The van der Waals surface area contributed by atoms with Crippen LogP contribution in [-0.4, -0.2) is 14.8 Å². The second-order valence-corrected chi connectivity index (χ2v) is 4.91. The van der Waals surface area contributed by atoms with Crippen LogP contribution < -0.4 is 0 Å². The fourth-order valence-electron chi connectivity index (χ4n) is 1.76. The Kier molecular flexibility index (Phi) is 4.96. The Bertz CT molecular complexity index is 596. The molecule has 0 saturated carbocycles. The summed E-state index contributed by atoms with van der Waals surface area (Å²) in [6.07, 6.45) is 1.58. The van der Waals surface area contributed by atoms with Crippen molar-refractivity contribution in [1.29, 1.82) is 0 Å². The summed E-state index contributed by atoms with van der Waals surface area (Å²) in [6, 6.07) is 5.98. The van der Waals surface area contributed by atoms with Crippen LogP contribution in [0.3, 0.4) is 0 Å². The Balaban J connectivity index is 0.00000162. The minimum atomic E-state index is -0.533. The monoisotopic (exact) mass is 348 g/mol. The number of hydrogen-bond acceptors (Lipinski definition) is 2. The van der Waals surface area contributed by atoms with Crippen LogP contribution in [0.25, 0.3) is 5.69 Å². The van der Waals surface area contributed by atoms with Gasteiger partial charge in [0.2, 0.25) is 0 Å². The van der Waals surface area contributed by atoms with Crippen LogP contribution in [0.15, 0.2) is 29.1 Å². The molecule has 2 rings (SSSR count). The van der Waals surface area contributed by atoms with E-state index in [4.69, 9.17) is 11.6 Å². The Labute approximate surface area is 125 Å². The van der Waals surface area contributed by atoms with Crippen molar-refractivity contribution >= 4 is 45.2 Å². The number of benzene rings is 1. The first kappa shape index (κ1) is 15.2. The van der Waals surface area contributed by atoms with E-state index in [-0.39, 0.29) is 12.4 Å². The largest absolute Gasteiger partial charge is 0.294 e. The lowest BCUT2D eigenvalue weighted by Crippen LogP contribution is -2.04. The average molecular weight is 350 g/mol. The van der Waals surface area contributed by atoms with E-state index in [0.29, 0.717) is 10.3 Å². The minimum Gasteiger partial charge on any atom is -0.294 e. The fourth-order valence-corrected chi connectivity index (χ4v) is 2.52. The quantitative estimate of drug-likeness (QED) is 0.766. The lowest BCUT2D eigenvalue weighted by molar-refractivity contribution is 0.107. The molecule has 0 N–H and O–H groups in total. The zero-order valence-corrected chi connectivity index (χ0v) is 12.9. The summed E-state index contributed by atoms with van der Waals surface area (Å²) in [5.41, 5.74) is 3.48. The lowest BCUT2D eigenvalue weighted by Gasteiger charge is -2.09. The second-order valence-electron chi connectivity index (χ2n) is 3.82. The molecule has 2 aromatic rings. The number of halogens is 3. The summed E-state index contributed by atoms with van der Waals surface area (Å²) in [5, 5.41) is -0.533. The van der Waals surface area contributed by atoms with Gasteiger partial charge in [-0.25, -0.2) is 4.98 Å². The first-order valence-corrected chi connectivity index (χ1v) is 6.18. The van der Waals surface area contributed by atoms with Crippen molar-refractivity contribution in [1.82, 2.24) is 9.55 Å². The third-order valence-electron chi connectivity index (χ3n) is 2.52. The van der Waals surface area contributed by atoms with Gasteiger partial charge in [0.15, 0.2) is 0 Å². The van der Waals surface area contributed by atoms with Crippen molar-refractivity contribution in [2.75, 3.05) is 0 Å². The van der Waals surface area contributed by atoms with Gasteiger partial charge in [0, 0.05) is 0 Å². The molecule has 18 heavy (non-hydrogen) atoms. The molecule has 0 fully saturated rings. The van der Waals surface area contributed by atoms with E-state index >= 15 is 0 Å². The van der Waals surface area contributed by atoms with Crippen molar-refractivity contribution in [2.24, 2.45) is 0 Å². The van der Waals surface area contributed by atoms with E-state index in [1.54, 1.807) is 10.9 Å². The van der Waals surface area contributed by atoms with Crippen molar-refractivity contribution in [3.05, 3.63) is 46.0 Å². The summed E-state index contributed by atoms with van der Waals surface area (Å²) in [5.74, 6) is 0. The van der Waals surface area contributed by atoms with E-state index in [1.807, 2.05) is 32.0 Å². The number of imidazole rings is 1. The smallest absolute Gasteiger partial charge is 0.272 e. The summed E-state index contributed by atoms with van der Waals surface area (Å²) in [6.45, 7) is 4.01. The van der Waals surface area contributed by atoms with Gasteiger partial charge in [-0.3, -0.25) is 9.36 Å². The molecule has 6 heteroatoms. The Morgan fingerprint density at radius 2 is 2.06 bits per heavy atom. The van der Waals surface area contributed by atoms with Crippen molar-refractivity contribution in [3.8, 4) is 5.69 Å². The van der Waals surface area contributed by atoms with E-state index in [1.165, 1.54) is 5.56 Å². The van der Waals surface area contributed by atoms with Gasteiger partial charge in [0.1, 0.15) is 16.6 Å². The molecule has 0 atom stereocenters. The summed E-state index contributed by atoms with van der Waals surface area (Å²) in [7, 11) is 0. The van der Waals surface area contributed by atoms with Crippen molar-refractivity contribution in [3.63, 3.8) is 0 Å². The van der Waals surface area contributed by atoms with E-state index in [9.17, 15) is 4.79 Å². The normalized spacial score (nSPS) is 10.0. The van der Waals surface area contributed by atoms with Gasteiger partial charge < -0.3 is 0 Å². The highest BCUT2D eigenvalue weighted by atomic mass is 79.9. The van der Waals surface area contributed by atoms with Gasteiger partial charge >= 0.3 is 0 Å². The van der Waals surface area contributed by atoms with Crippen LogP contribution >= 0.6 is 39.9 Å². The molecule has 96 valence electrons. The topological polar surface area (TPSA) is 34.9 Å². The second kappa shape index (κ2) is 5.87. The molecular formula is C12H11BrCl2N2O. The molecule has 1 aromatic carbocycles. The molecule has 0 aliphatic rings. The van der Waals surface area contributed by atoms with Gasteiger partial charge in [0.05, 0.1) is 5.69 Å². The number of rotatable bonds is 2. The van der Waals surface area contributed by atoms with Crippen LogP contribution in [0.2, 0.25) is 0 Å². The summed E-state index contributed by atoms with van der Waals surface area (Å²) >= 11 is 8.78.